The van der Waals surface area contributed by atoms with Gasteiger partial charge >= 0.3 is 5.69 Å². The number of H-pyrrole nitrogens is 1. The van der Waals surface area contributed by atoms with Gasteiger partial charge in [-0.2, -0.15) is 0 Å². The minimum Gasteiger partial charge on any atom is -0.313 e. The van der Waals surface area contributed by atoms with Crippen molar-refractivity contribution < 1.29 is 0 Å². The molecule has 2 rings (SSSR count). The van der Waals surface area contributed by atoms with Gasteiger partial charge < -0.3 is 5.32 Å². The van der Waals surface area contributed by atoms with Crippen molar-refractivity contribution in [3.8, 4) is 0 Å². The van der Waals surface area contributed by atoms with Gasteiger partial charge in [-0.1, -0.05) is 26.0 Å². The summed E-state index contributed by atoms with van der Waals surface area (Å²) in [5.41, 5.74) is 1.13. The van der Waals surface area contributed by atoms with Crippen LogP contribution in [0, 0.1) is 0 Å². The first kappa shape index (κ1) is 15.9. The predicted molar refractivity (Wildman–Crippen MR) is 85.7 cm³/mol. The van der Waals surface area contributed by atoms with Crippen LogP contribution in [0.4, 0.5) is 0 Å². The molecule has 6 heteroatoms. The fraction of sp³-hybridized carbons (Fsp3) is 0.467. The van der Waals surface area contributed by atoms with Gasteiger partial charge in [-0.3, -0.25) is 4.57 Å². The van der Waals surface area contributed by atoms with E-state index in [9.17, 15) is 4.79 Å². The lowest BCUT2D eigenvalue weighted by Gasteiger charge is -2.06. The van der Waals surface area contributed by atoms with E-state index in [2.05, 4.69) is 46.7 Å². The van der Waals surface area contributed by atoms with Crippen molar-refractivity contribution in [3.05, 3.63) is 40.3 Å². The van der Waals surface area contributed by atoms with Crippen LogP contribution < -0.4 is 11.0 Å². The molecule has 21 heavy (non-hydrogen) atoms. The molecule has 0 unspecified atom stereocenters. The van der Waals surface area contributed by atoms with E-state index in [1.54, 1.807) is 4.57 Å². The Bertz CT molecular complexity index is 603. The van der Waals surface area contributed by atoms with Crippen LogP contribution in [0.1, 0.15) is 32.3 Å². The van der Waals surface area contributed by atoms with Gasteiger partial charge in [-0.05, 0) is 48.8 Å². The van der Waals surface area contributed by atoms with Gasteiger partial charge in [0.25, 0.3) is 0 Å². The molecule has 5 nitrogen and oxygen atoms in total. The zero-order valence-electron chi connectivity index (χ0n) is 12.6. The Labute approximate surface area is 129 Å². The molecule has 0 saturated carbocycles. The van der Waals surface area contributed by atoms with Gasteiger partial charge in [0.2, 0.25) is 0 Å². The van der Waals surface area contributed by atoms with Crippen LogP contribution in [0.3, 0.4) is 0 Å². The van der Waals surface area contributed by atoms with E-state index in [4.69, 9.17) is 0 Å². The fourth-order valence-corrected chi connectivity index (χ4v) is 2.85. The fourth-order valence-electron chi connectivity index (χ4n) is 1.99. The van der Waals surface area contributed by atoms with E-state index in [1.807, 2.05) is 6.92 Å². The highest BCUT2D eigenvalue weighted by molar-refractivity contribution is 7.99. The molecule has 1 heterocycles. The molecule has 0 fully saturated rings. The molecule has 2 aromatic rings. The van der Waals surface area contributed by atoms with E-state index in [0.29, 0.717) is 6.54 Å². The maximum absolute atomic E-state index is 11.6. The highest BCUT2D eigenvalue weighted by Crippen LogP contribution is 2.25. The first-order valence-electron chi connectivity index (χ1n) is 7.37. The Hall–Kier alpha value is -1.53. The lowest BCUT2D eigenvalue weighted by atomic mass is 10.2. The Kier molecular flexibility index (Phi) is 6.07. The summed E-state index contributed by atoms with van der Waals surface area (Å²) >= 11 is 1.51. The predicted octanol–water partition coefficient (Wildman–Crippen LogP) is 2.63. The summed E-state index contributed by atoms with van der Waals surface area (Å²) in [6, 6.07) is 8.37. The standard InChI is InChI=1S/C15H22N4OS/c1-3-9-16-11-12-5-7-13(8-6-12)21-15-18-17-14(20)19(15)10-4-2/h5-8,16H,3-4,9-11H2,1-2H3,(H,17,20). The van der Waals surface area contributed by atoms with Crippen LogP contribution >= 0.6 is 11.8 Å². The van der Waals surface area contributed by atoms with E-state index >= 15 is 0 Å². The third-order valence-electron chi connectivity index (χ3n) is 3.06. The Morgan fingerprint density at radius 2 is 2.00 bits per heavy atom. The lowest BCUT2D eigenvalue weighted by molar-refractivity contribution is 0.604. The van der Waals surface area contributed by atoms with Crippen molar-refractivity contribution in [2.24, 2.45) is 0 Å². The number of aromatic nitrogens is 3. The molecule has 114 valence electrons. The second-order valence-corrected chi connectivity index (χ2v) is 5.93. The number of nitrogens with zero attached hydrogens (tertiary/aromatic N) is 2. The molecule has 2 N–H and O–H groups in total. The molecule has 0 amide bonds. The molecule has 0 spiro atoms. The summed E-state index contributed by atoms with van der Waals surface area (Å²) in [4.78, 5) is 12.7. The normalized spacial score (nSPS) is 11.0. The molecule has 0 aliphatic carbocycles. The smallest absolute Gasteiger partial charge is 0.313 e. The Morgan fingerprint density at radius 1 is 1.24 bits per heavy atom. The topological polar surface area (TPSA) is 62.7 Å². The molecule has 1 aromatic heterocycles. The van der Waals surface area contributed by atoms with Gasteiger partial charge in [-0.15, -0.1) is 5.10 Å². The number of nitrogens with one attached hydrogen (secondary N) is 2. The molecular weight excluding hydrogens is 284 g/mol. The van der Waals surface area contributed by atoms with Crippen molar-refractivity contribution in [1.29, 1.82) is 0 Å². The van der Waals surface area contributed by atoms with Gasteiger partial charge in [0.05, 0.1) is 0 Å². The number of benzene rings is 1. The van der Waals surface area contributed by atoms with Crippen LogP contribution in [-0.4, -0.2) is 21.3 Å². The summed E-state index contributed by atoms with van der Waals surface area (Å²) in [5.74, 6) is 0. The summed E-state index contributed by atoms with van der Waals surface area (Å²) in [6.45, 7) is 6.82. The van der Waals surface area contributed by atoms with Crippen LogP contribution in [0.5, 0.6) is 0 Å². The molecule has 0 aliphatic rings. The first-order chi connectivity index (χ1) is 10.2. The summed E-state index contributed by atoms with van der Waals surface area (Å²) in [7, 11) is 0. The van der Waals surface area contributed by atoms with Crippen molar-refractivity contribution in [3.63, 3.8) is 0 Å². The van der Waals surface area contributed by atoms with Crippen molar-refractivity contribution in [1.82, 2.24) is 20.1 Å². The molecule has 1 aromatic carbocycles. The molecule has 0 saturated heterocycles. The van der Waals surface area contributed by atoms with Crippen LogP contribution in [0.15, 0.2) is 39.1 Å². The van der Waals surface area contributed by atoms with Gasteiger partial charge in [0.15, 0.2) is 5.16 Å². The van der Waals surface area contributed by atoms with Gasteiger partial charge in [0.1, 0.15) is 0 Å². The lowest BCUT2D eigenvalue weighted by Crippen LogP contribution is -2.17. The third kappa shape index (κ3) is 4.47. The van der Waals surface area contributed by atoms with Crippen molar-refractivity contribution in [2.45, 2.75) is 49.8 Å². The SMILES string of the molecule is CCCNCc1ccc(Sc2n[nH]c(=O)n2CCC)cc1. The highest BCUT2D eigenvalue weighted by atomic mass is 32.2. The van der Waals surface area contributed by atoms with Crippen molar-refractivity contribution in [2.75, 3.05) is 6.54 Å². The molecule has 0 atom stereocenters. The third-order valence-corrected chi connectivity index (χ3v) is 4.06. The minimum absolute atomic E-state index is 0.139. The van der Waals surface area contributed by atoms with Crippen LogP contribution in [-0.2, 0) is 13.1 Å². The van der Waals surface area contributed by atoms with E-state index < -0.39 is 0 Å². The molecule has 0 bridgehead atoms. The van der Waals surface area contributed by atoms with E-state index in [1.165, 1.54) is 17.3 Å². The van der Waals surface area contributed by atoms with E-state index in [-0.39, 0.29) is 5.69 Å². The zero-order chi connectivity index (χ0) is 15.1. The number of hydrogen-bond acceptors (Lipinski definition) is 4. The highest BCUT2D eigenvalue weighted by Gasteiger charge is 2.09. The quantitative estimate of drug-likeness (QED) is 0.736. The van der Waals surface area contributed by atoms with Crippen LogP contribution in [0.25, 0.3) is 0 Å². The van der Waals surface area contributed by atoms with Crippen LogP contribution in [0.2, 0.25) is 0 Å². The second kappa shape index (κ2) is 8.05. The summed E-state index contributed by atoms with van der Waals surface area (Å²) in [6.07, 6.45) is 2.05. The summed E-state index contributed by atoms with van der Waals surface area (Å²) in [5, 5.41) is 10.7. The molecular formula is C15H22N4OS. The minimum atomic E-state index is -0.139. The largest absolute Gasteiger partial charge is 0.343 e. The molecule has 0 radical (unpaired) electrons. The van der Waals surface area contributed by atoms with Crippen molar-refractivity contribution >= 4 is 11.8 Å². The maximum Gasteiger partial charge on any atom is 0.343 e. The monoisotopic (exact) mass is 306 g/mol. The first-order valence-corrected chi connectivity index (χ1v) is 8.19. The van der Waals surface area contributed by atoms with Gasteiger partial charge in [-0.25, -0.2) is 9.89 Å². The average molecular weight is 306 g/mol. The number of rotatable bonds is 8. The maximum atomic E-state index is 11.6. The zero-order valence-corrected chi connectivity index (χ0v) is 13.4. The summed E-state index contributed by atoms with van der Waals surface area (Å²) < 4.78 is 1.68. The second-order valence-electron chi connectivity index (χ2n) is 4.89. The molecule has 0 aliphatic heterocycles. The van der Waals surface area contributed by atoms with E-state index in [0.717, 1.165) is 36.0 Å². The number of hydrogen-bond donors (Lipinski definition) is 2. The number of aromatic amines is 1. The Balaban J connectivity index is 2.01. The van der Waals surface area contributed by atoms with Gasteiger partial charge in [0, 0.05) is 18.0 Å². The average Bonchev–Trinajstić information content (AvgIpc) is 2.83. The Morgan fingerprint density at radius 3 is 2.67 bits per heavy atom.